The Balaban J connectivity index is 0. The van der Waals surface area contributed by atoms with Gasteiger partial charge in [0.25, 0.3) is 0 Å². The fourth-order valence-corrected chi connectivity index (χ4v) is 1.28. The first-order valence-electron chi connectivity index (χ1n) is 5.19. The molecule has 0 heterocycles. The molecule has 0 aliphatic carbocycles. The van der Waals surface area contributed by atoms with E-state index in [9.17, 15) is 0 Å². The number of hydrogen-bond acceptors (Lipinski definition) is 2. The molecule has 0 spiro atoms. The molecule has 0 amide bonds. The van der Waals surface area contributed by atoms with Crippen molar-refractivity contribution in [1.29, 1.82) is 0 Å². The second-order valence-corrected chi connectivity index (χ2v) is 2.79. The van der Waals surface area contributed by atoms with Crippen LogP contribution in [0, 0.1) is 5.92 Å². The van der Waals surface area contributed by atoms with Crippen LogP contribution in [-0.4, -0.2) is 20.1 Å². The van der Waals surface area contributed by atoms with Gasteiger partial charge in [0, 0.05) is 0 Å². The molecular weight excluding hydrogens is 148 g/mol. The topological polar surface area (TPSA) is 38.0 Å². The number of nitrogens with one attached hydrogen (secondary N) is 1. The highest BCUT2D eigenvalue weighted by Gasteiger charge is 2.03. The maximum atomic E-state index is 5.46. The molecule has 2 heteroatoms. The Hall–Kier alpha value is -0.0800. The van der Waals surface area contributed by atoms with Gasteiger partial charge in [0.05, 0.1) is 0 Å². The van der Waals surface area contributed by atoms with Gasteiger partial charge in [0.2, 0.25) is 0 Å². The molecule has 0 rings (SSSR count). The Morgan fingerprint density at radius 2 is 1.83 bits per heavy atom. The summed E-state index contributed by atoms with van der Waals surface area (Å²) in [7, 11) is 2.00. The van der Waals surface area contributed by atoms with Crippen LogP contribution in [0.1, 0.15) is 40.0 Å². The number of hydrogen-bond donors (Lipinski definition) is 2. The minimum atomic E-state index is 0.792. The van der Waals surface area contributed by atoms with Crippen molar-refractivity contribution >= 4 is 0 Å². The lowest BCUT2D eigenvalue weighted by Gasteiger charge is -2.13. The van der Waals surface area contributed by atoms with E-state index in [1.54, 1.807) is 0 Å². The van der Waals surface area contributed by atoms with Crippen molar-refractivity contribution < 1.29 is 0 Å². The highest BCUT2D eigenvalue weighted by molar-refractivity contribution is 4.60. The lowest BCUT2D eigenvalue weighted by Crippen LogP contribution is -2.21. The van der Waals surface area contributed by atoms with Gasteiger partial charge in [0.15, 0.2) is 0 Å². The molecule has 2 nitrogen and oxygen atoms in total. The van der Waals surface area contributed by atoms with Crippen LogP contribution in [0.15, 0.2) is 0 Å². The molecule has 0 aliphatic rings. The molecule has 0 aromatic carbocycles. The highest BCUT2D eigenvalue weighted by atomic mass is 14.8. The first-order chi connectivity index (χ1) is 5.85. The van der Waals surface area contributed by atoms with E-state index in [0.29, 0.717) is 0 Å². The van der Waals surface area contributed by atoms with Crippen LogP contribution < -0.4 is 11.1 Å². The summed E-state index contributed by atoms with van der Waals surface area (Å²) in [5, 5.41) is 3.18. The van der Waals surface area contributed by atoms with E-state index in [0.717, 1.165) is 25.4 Å². The Morgan fingerprint density at radius 1 is 1.25 bits per heavy atom. The molecule has 0 aromatic rings. The summed E-state index contributed by atoms with van der Waals surface area (Å²) >= 11 is 0. The fourth-order valence-electron chi connectivity index (χ4n) is 1.28. The molecule has 0 fully saturated rings. The Labute approximate surface area is 77.9 Å². The quantitative estimate of drug-likeness (QED) is 0.646. The van der Waals surface area contributed by atoms with Crippen LogP contribution in [-0.2, 0) is 0 Å². The van der Waals surface area contributed by atoms with Crippen molar-refractivity contribution in [2.45, 2.75) is 40.0 Å². The van der Waals surface area contributed by atoms with E-state index in [2.05, 4.69) is 12.2 Å². The van der Waals surface area contributed by atoms with Crippen LogP contribution in [0.2, 0.25) is 0 Å². The molecule has 0 aromatic heterocycles. The summed E-state index contributed by atoms with van der Waals surface area (Å²) in [5.74, 6) is 0.792. The van der Waals surface area contributed by atoms with Gasteiger partial charge in [0.1, 0.15) is 0 Å². The van der Waals surface area contributed by atoms with Crippen molar-refractivity contribution in [2.75, 3.05) is 20.1 Å². The summed E-state index contributed by atoms with van der Waals surface area (Å²) < 4.78 is 0. The Morgan fingerprint density at radius 3 is 2.17 bits per heavy atom. The van der Waals surface area contributed by atoms with Crippen LogP contribution >= 0.6 is 0 Å². The third kappa shape index (κ3) is 9.92. The summed E-state index contributed by atoms with van der Waals surface area (Å²) in [5.41, 5.74) is 5.46. The monoisotopic (exact) mass is 174 g/mol. The SMILES string of the molecule is CC.CCCC(CCN)CNC. The van der Waals surface area contributed by atoms with Crippen LogP contribution in [0.4, 0.5) is 0 Å². The van der Waals surface area contributed by atoms with Gasteiger partial charge in [-0.1, -0.05) is 27.2 Å². The molecule has 1 unspecified atom stereocenters. The van der Waals surface area contributed by atoms with Crippen LogP contribution in [0.25, 0.3) is 0 Å². The Kier molecular flexibility index (Phi) is 16.3. The molecule has 0 saturated carbocycles. The smallest absolute Gasteiger partial charge is 0.00230 e. The van der Waals surface area contributed by atoms with Gasteiger partial charge in [-0.3, -0.25) is 0 Å². The predicted molar refractivity (Wildman–Crippen MR) is 57.3 cm³/mol. The van der Waals surface area contributed by atoms with Crippen molar-refractivity contribution in [3.05, 3.63) is 0 Å². The lowest BCUT2D eigenvalue weighted by atomic mass is 10.0. The summed E-state index contributed by atoms with van der Waals surface area (Å²) in [6.07, 6.45) is 3.74. The van der Waals surface area contributed by atoms with Gasteiger partial charge in [-0.2, -0.15) is 0 Å². The van der Waals surface area contributed by atoms with Crippen molar-refractivity contribution in [3.63, 3.8) is 0 Å². The largest absolute Gasteiger partial charge is 0.330 e. The third-order valence-corrected chi connectivity index (χ3v) is 1.76. The molecule has 3 N–H and O–H groups in total. The average Bonchev–Trinajstić information content (AvgIpc) is 2.10. The summed E-state index contributed by atoms with van der Waals surface area (Å²) in [4.78, 5) is 0. The molecule has 0 bridgehead atoms. The minimum absolute atomic E-state index is 0.792. The average molecular weight is 174 g/mol. The van der Waals surface area contributed by atoms with E-state index in [4.69, 9.17) is 5.73 Å². The molecule has 0 aliphatic heterocycles. The van der Waals surface area contributed by atoms with Crippen molar-refractivity contribution in [3.8, 4) is 0 Å². The maximum Gasteiger partial charge on any atom is -0.00230 e. The zero-order valence-corrected chi connectivity index (χ0v) is 9.19. The van der Waals surface area contributed by atoms with Crippen LogP contribution in [0.5, 0.6) is 0 Å². The summed E-state index contributed by atoms with van der Waals surface area (Å²) in [6.45, 7) is 8.16. The number of nitrogens with two attached hydrogens (primary N) is 1. The second-order valence-electron chi connectivity index (χ2n) is 2.79. The first kappa shape index (κ1) is 14.4. The highest BCUT2D eigenvalue weighted by Crippen LogP contribution is 2.08. The molecule has 76 valence electrons. The normalized spacial score (nSPS) is 11.8. The maximum absolute atomic E-state index is 5.46. The second kappa shape index (κ2) is 13.5. The third-order valence-electron chi connectivity index (χ3n) is 1.76. The number of rotatable bonds is 6. The van der Waals surface area contributed by atoms with Gasteiger partial charge >= 0.3 is 0 Å². The van der Waals surface area contributed by atoms with Crippen molar-refractivity contribution in [1.82, 2.24) is 5.32 Å². The lowest BCUT2D eigenvalue weighted by molar-refractivity contribution is 0.434. The standard InChI is InChI=1S/C8H20N2.C2H6/c1-3-4-8(5-6-9)7-10-2;1-2/h8,10H,3-7,9H2,1-2H3;1-2H3. The van der Waals surface area contributed by atoms with Gasteiger partial charge in [-0.15, -0.1) is 0 Å². The Bertz CT molecular complexity index is 50.6. The molecular formula is C10H26N2. The summed E-state index contributed by atoms with van der Waals surface area (Å²) in [6, 6.07) is 0. The van der Waals surface area contributed by atoms with E-state index in [1.165, 1.54) is 12.8 Å². The fraction of sp³-hybridized carbons (Fsp3) is 1.00. The van der Waals surface area contributed by atoms with Crippen molar-refractivity contribution in [2.24, 2.45) is 11.7 Å². The van der Waals surface area contributed by atoms with Crippen LogP contribution in [0.3, 0.4) is 0 Å². The zero-order valence-electron chi connectivity index (χ0n) is 9.19. The van der Waals surface area contributed by atoms with E-state index in [-0.39, 0.29) is 0 Å². The van der Waals surface area contributed by atoms with E-state index < -0.39 is 0 Å². The van der Waals surface area contributed by atoms with E-state index in [1.807, 2.05) is 20.9 Å². The minimum Gasteiger partial charge on any atom is -0.330 e. The van der Waals surface area contributed by atoms with Gasteiger partial charge in [-0.05, 0) is 38.9 Å². The van der Waals surface area contributed by atoms with Gasteiger partial charge in [-0.25, -0.2) is 0 Å². The molecule has 1 atom stereocenters. The van der Waals surface area contributed by atoms with E-state index >= 15 is 0 Å². The molecule has 12 heavy (non-hydrogen) atoms. The first-order valence-corrected chi connectivity index (χ1v) is 5.19. The van der Waals surface area contributed by atoms with Gasteiger partial charge < -0.3 is 11.1 Å². The zero-order chi connectivity index (χ0) is 9.82. The predicted octanol–water partition coefficient (Wildman–Crippen LogP) is 2.00. The molecule has 0 radical (unpaired) electrons. The molecule has 0 saturated heterocycles.